The third-order valence-corrected chi connectivity index (χ3v) is 5.59. The second kappa shape index (κ2) is 8.20. The lowest BCUT2D eigenvalue weighted by Gasteiger charge is -2.17. The van der Waals surface area contributed by atoms with E-state index in [1.54, 1.807) is 0 Å². The number of anilines is 1. The van der Waals surface area contributed by atoms with Crippen LogP contribution in [0.3, 0.4) is 0 Å². The molecule has 0 aliphatic carbocycles. The minimum Gasteiger partial charge on any atom is -0.444 e. The molecular weight excluding hydrogens is 416 g/mol. The van der Waals surface area contributed by atoms with Gasteiger partial charge in [0.2, 0.25) is 0 Å². The Labute approximate surface area is 173 Å². The summed E-state index contributed by atoms with van der Waals surface area (Å²) in [7, 11) is 0. The SMILES string of the molecule is NCC(Cn1ncn(Cc2cc(-c3ccc4c(c3)COC(=O)N4)cs2)c1=O)=C(F)F. The highest BCUT2D eigenvalue weighted by molar-refractivity contribution is 7.10. The number of aromatic nitrogens is 3. The first kappa shape index (κ1) is 20.0. The van der Waals surface area contributed by atoms with Crippen LogP contribution in [0.15, 0.2) is 52.4 Å². The first-order valence-corrected chi connectivity index (χ1v) is 9.82. The van der Waals surface area contributed by atoms with Crippen molar-refractivity contribution in [2.75, 3.05) is 11.9 Å². The molecule has 3 heterocycles. The van der Waals surface area contributed by atoms with Crippen LogP contribution in [-0.4, -0.2) is 27.0 Å². The van der Waals surface area contributed by atoms with Crippen molar-refractivity contribution < 1.29 is 18.3 Å². The molecule has 3 aromatic rings. The predicted octanol–water partition coefficient (Wildman–Crippen LogP) is 2.99. The second-order valence-electron chi connectivity index (χ2n) is 6.64. The number of carbonyl (C=O) groups excluding carboxylic acids is 1. The Balaban J connectivity index is 1.51. The molecule has 0 radical (unpaired) electrons. The molecule has 8 nitrogen and oxygen atoms in total. The standard InChI is InChI=1S/C19H17F2N5O3S/c20-17(21)14(5-22)6-26-19(28)25(10-23-26)7-15-4-13(9-30-15)11-1-2-16-12(3-11)8-29-18(27)24-16/h1-4,9-10H,5-8,22H2,(H,24,27). The first-order chi connectivity index (χ1) is 14.4. The molecule has 1 aromatic carbocycles. The summed E-state index contributed by atoms with van der Waals surface area (Å²) in [6, 6.07) is 7.61. The van der Waals surface area contributed by atoms with Crippen molar-refractivity contribution in [3.63, 3.8) is 0 Å². The van der Waals surface area contributed by atoms with E-state index < -0.39 is 17.9 Å². The summed E-state index contributed by atoms with van der Waals surface area (Å²) in [6.45, 7) is -0.202. The van der Waals surface area contributed by atoms with Gasteiger partial charge in [-0.3, -0.25) is 9.88 Å². The fourth-order valence-electron chi connectivity index (χ4n) is 3.06. The molecule has 0 spiro atoms. The highest BCUT2D eigenvalue weighted by Crippen LogP contribution is 2.31. The maximum atomic E-state index is 12.8. The van der Waals surface area contributed by atoms with E-state index >= 15 is 0 Å². The van der Waals surface area contributed by atoms with Crippen LogP contribution in [0.5, 0.6) is 0 Å². The molecule has 3 N–H and O–H groups in total. The number of nitrogens with one attached hydrogen (secondary N) is 1. The summed E-state index contributed by atoms with van der Waals surface area (Å²) in [4.78, 5) is 24.6. The van der Waals surface area contributed by atoms with E-state index in [0.29, 0.717) is 0 Å². The van der Waals surface area contributed by atoms with Crippen molar-refractivity contribution in [1.29, 1.82) is 0 Å². The van der Waals surface area contributed by atoms with Crippen molar-refractivity contribution in [2.24, 2.45) is 5.73 Å². The average molecular weight is 433 g/mol. The number of nitrogens with two attached hydrogens (primary N) is 1. The van der Waals surface area contributed by atoms with E-state index in [9.17, 15) is 18.4 Å². The van der Waals surface area contributed by atoms with Crippen LogP contribution in [0.4, 0.5) is 19.3 Å². The number of ether oxygens (including phenoxy) is 1. The van der Waals surface area contributed by atoms with Gasteiger partial charge in [-0.2, -0.15) is 13.9 Å². The van der Waals surface area contributed by atoms with Gasteiger partial charge in [0.1, 0.15) is 12.9 Å². The molecular formula is C19H17F2N5O3S. The first-order valence-electron chi connectivity index (χ1n) is 8.94. The molecule has 0 saturated carbocycles. The van der Waals surface area contributed by atoms with Crippen LogP contribution >= 0.6 is 11.3 Å². The third kappa shape index (κ3) is 4.02. The summed E-state index contributed by atoms with van der Waals surface area (Å²) >= 11 is 1.47. The van der Waals surface area contributed by atoms with E-state index in [0.717, 1.165) is 31.9 Å². The number of rotatable bonds is 6. The fraction of sp³-hybridized carbons (Fsp3) is 0.211. The Morgan fingerprint density at radius 3 is 2.87 bits per heavy atom. The van der Waals surface area contributed by atoms with E-state index in [1.807, 2.05) is 29.6 Å². The van der Waals surface area contributed by atoms with Crippen molar-refractivity contribution in [2.45, 2.75) is 19.7 Å². The number of hydrogen-bond acceptors (Lipinski definition) is 6. The lowest BCUT2D eigenvalue weighted by molar-refractivity contribution is 0.151. The van der Waals surface area contributed by atoms with Crippen molar-refractivity contribution in [1.82, 2.24) is 14.3 Å². The molecule has 1 aliphatic rings. The van der Waals surface area contributed by atoms with E-state index in [1.165, 1.54) is 22.2 Å². The molecule has 1 amide bonds. The third-order valence-electron chi connectivity index (χ3n) is 4.67. The zero-order valence-corrected chi connectivity index (χ0v) is 16.4. The zero-order valence-electron chi connectivity index (χ0n) is 15.6. The summed E-state index contributed by atoms with van der Waals surface area (Å²) in [5.41, 5.74) is 8.00. The normalized spacial score (nSPS) is 12.8. The number of carbonyl (C=O) groups is 1. The number of halogens is 2. The minimum absolute atomic E-state index is 0.208. The van der Waals surface area contributed by atoms with Gasteiger partial charge in [0.05, 0.1) is 18.8 Å². The lowest BCUT2D eigenvalue weighted by atomic mass is 10.0. The van der Waals surface area contributed by atoms with Crippen molar-refractivity contribution in [3.8, 4) is 11.1 Å². The number of benzene rings is 1. The summed E-state index contributed by atoms with van der Waals surface area (Å²) in [6.07, 6.45) is -1.04. The highest BCUT2D eigenvalue weighted by atomic mass is 32.1. The smallest absolute Gasteiger partial charge is 0.411 e. The maximum absolute atomic E-state index is 12.8. The molecule has 30 heavy (non-hydrogen) atoms. The van der Waals surface area contributed by atoms with Gasteiger partial charge in [-0.1, -0.05) is 6.07 Å². The fourth-order valence-corrected chi connectivity index (χ4v) is 3.95. The molecule has 0 saturated heterocycles. The minimum atomic E-state index is -1.89. The Morgan fingerprint density at radius 1 is 1.27 bits per heavy atom. The Morgan fingerprint density at radius 2 is 2.10 bits per heavy atom. The van der Waals surface area contributed by atoms with Gasteiger partial charge in [-0.25, -0.2) is 14.3 Å². The topological polar surface area (TPSA) is 104 Å². The summed E-state index contributed by atoms with van der Waals surface area (Å²) in [5, 5.41) is 8.51. The lowest BCUT2D eigenvalue weighted by Crippen LogP contribution is -2.27. The van der Waals surface area contributed by atoms with Crippen LogP contribution in [0.25, 0.3) is 11.1 Å². The Kier molecular flexibility index (Phi) is 5.46. The number of fused-ring (bicyclic) bond motifs is 1. The van der Waals surface area contributed by atoms with Crippen LogP contribution in [-0.2, 0) is 24.4 Å². The summed E-state index contributed by atoms with van der Waals surface area (Å²) in [5.74, 6) is 0. The van der Waals surface area contributed by atoms with Crippen LogP contribution in [0.2, 0.25) is 0 Å². The quantitative estimate of drug-likeness (QED) is 0.622. The van der Waals surface area contributed by atoms with Gasteiger partial charge in [0.25, 0.3) is 6.08 Å². The van der Waals surface area contributed by atoms with Crippen LogP contribution in [0, 0.1) is 0 Å². The monoisotopic (exact) mass is 433 g/mol. The number of cyclic esters (lactones) is 1. The zero-order chi connectivity index (χ0) is 21.3. The Hall–Kier alpha value is -3.31. The molecule has 0 atom stereocenters. The van der Waals surface area contributed by atoms with Crippen LogP contribution in [0.1, 0.15) is 10.4 Å². The van der Waals surface area contributed by atoms with Gasteiger partial charge in [0.15, 0.2) is 0 Å². The van der Waals surface area contributed by atoms with Gasteiger partial charge in [0, 0.05) is 22.6 Å². The molecule has 4 rings (SSSR count). The van der Waals surface area contributed by atoms with E-state index in [4.69, 9.17) is 10.5 Å². The maximum Gasteiger partial charge on any atom is 0.411 e. The predicted molar refractivity (Wildman–Crippen MR) is 107 cm³/mol. The van der Waals surface area contributed by atoms with Crippen LogP contribution < -0.4 is 16.7 Å². The number of hydrogen-bond donors (Lipinski definition) is 2. The molecule has 1 aliphatic heterocycles. The van der Waals surface area contributed by atoms with E-state index in [2.05, 4.69) is 10.4 Å². The molecule has 11 heteroatoms. The number of nitrogens with zero attached hydrogens (tertiary/aromatic N) is 3. The average Bonchev–Trinajstić information content (AvgIpc) is 3.33. The number of amides is 1. The molecule has 0 fully saturated rings. The Bertz CT molecular complexity index is 1190. The summed E-state index contributed by atoms with van der Waals surface area (Å²) < 4.78 is 32.9. The van der Waals surface area contributed by atoms with Crippen molar-refractivity contribution >= 4 is 23.1 Å². The highest BCUT2D eigenvalue weighted by Gasteiger charge is 2.17. The van der Waals surface area contributed by atoms with Gasteiger partial charge >= 0.3 is 11.8 Å². The molecule has 156 valence electrons. The molecule has 0 bridgehead atoms. The molecule has 2 aromatic heterocycles. The van der Waals surface area contributed by atoms with Crippen molar-refractivity contribution in [3.05, 3.63) is 68.6 Å². The van der Waals surface area contributed by atoms with Gasteiger partial charge < -0.3 is 10.5 Å². The largest absolute Gasteiger partial charge is 0.444 e. The second-order valence-corrected chi connectivity index (χ2v) is 7.64. The van der Waals surface area contributed by atoms with Gasteiger partial charge in [-0.05, 0) is 34.7 Å². The molecule has 0 unspecified atom stereocenters. The van der Waals surface area contributed by atoms with Gasteiger partial charge in [-0.15, -0.1) is 11.3 Å². The van der Waals surface area contributed by atoms with E-state index in [-0.39, 0.29) is 31.8 Å². The number of thiophene rings is 1.